The third-order valence-corrected chi connectivity index (χ3v) is 3.62. The van der Waals surface area contributed by atoms with Gasteiger partial charge < -0.3 is 10.9 Å². The van der Waals surface area contributed by atoms with Gasteiger partial charge in [-0.15, -0.1) is 0 Å². The summed E-state index contributed by atoms with van der Waals surface area (Å²) in [5.41, 5.74) is 11.8. The summed E-state index contributed by atoms with van der Waals surface area (Å²) in [4.78, 5) is 0. The van der Waals surface area contributed by atoms with Gasteiger partial charge in [-0.2, -0.15) is 0 Å². The van der Waals surface area contributed by atoms with Gasteiger partial charge in [0.2, 0.25) is 0 Å². The molecule has 0 atom stereocenters. The average molecular weight is 288 g/mol. The van der Waals surface area contributed by atoms with Gasteiger partial charge in [-0.3, -0.25) is 0 Å². The Morgan fingerprint density at radius 1 is 0.773 bits per heavy atom. The molecule has 3 rings (SSSR count). The van der Waals surface area contributed by atoms with Crippen molar-refractivity contribution in [3.8, 4) is 22.3 Å². The van der Waals surface area contributed by atoms with E-state index in [9.17, 15) is 0 Å². The average Bonchev–Trinajstić information content (AvgIpc) is 2.58. The number of hydrogen-bond acceptors (Lipinski definition) is 3. The largest absolute Gasteiger partial charge is 0.411 e. The Bertz CT molecular complexity index is 796. The molecular weight excluding hydrogens is 272 g/mol. The minimum Gasteiger partial charge on any atom is -0.411 e. The molecule has 0 bridgehead atoms. The smallest absolute Gasteiger partial charge is 0.0754 e. The molecule has 0 amide bonds. The van der Waals surface area contributed by atoms with E-state index in [0.29, 0.717) is 11.3 Å². The van der Waals surface area contributed by atoms with Gasteiger partial charge in [0.1, 0.15) is 0 Å². The lowest BCUT2D eigenvalue weighted by atomic mass is 9.91. The molecule has 3 aromatic rings. The van der Waals surface area contributed by atoms with Gasteiger partial charge in [-0.25, -0.2) is 0 Å². The van der Waals surface area contributed by atoms with Crippen LogP contribution in [0.2, 0.25) is 0 Å². The summed E-state index contributed by atoms with van der Waals surface area (Å²) in [5, 5.41) is 11.9. The van der Waals surface area contributed by atoms with E-state index in [1.54, 1.807) is 0 Å². The van der Waals surface area contributed by atoms with Crippen LogP contribution in [0.4, 0.5) is 5.69 Å². The zero-order valence-corrected chi connectivity index (χ0v) is 12.0. The molecule has 0 aliphatic heterocycles. The van der Waals surface area contributed by atoms with Crippen molar-refractivity contribution >= 4 is 11.9 Å². The van der Waals surface area contributed by atoms with Crippen LogP contribution in [0.5, 0.6) is 0 Å². The first-order chi connectivity index (χ1) is 10.8. The summed E-state index contributed by atoms with van der Waals surface area (Å²) in [5.74, 6) is 0. The monoisotopic (exact) mass is 288 g/mol. The van der Waals surface area contributed by atoms with E-state index >= 15 is 0 Å². The van der Waals surface area contributed by atoms with Crippen LogP contribution in [0.3, 0.4) is 0 Å². The zero-order chi connectivity index (χ0) is 15.4. The fourth-order valence-corrected chi connectivity index (χ4v) is 2.58. The number of nitrogens with zero attached hydrogens (tertiary/aromatic N) is 1. The molecule has 0 aliphatic carbocycles. The van der Waals surface area contributed by atoms with Crippen molar-refractivity contribution in [1.82, 2.24) is 0 Å². The molecule has 0 fully saturated rings. The van der Waals surface area contributed by atoms with Crippen LogP contribution in [-0.2, 0) is 0 Å². The molecule has 22 heavy (non-hydrogen) atoms. The summed E-state index contributed by atoms with van der Waals surface area (Å²) in [7, 11) is 0. The van der Waals surface area contributed by atoms with E-state index in [4.69, 9.17) is 10.9 Å². The molecule has 3 heteroatoms. The summed E-state index contributed by atoms with van der Waals surface area (Å²) in [6, 6.07) is 24.0. The van der Waals surface area contributed by atoms with Crippen LogP contribution >= 0.6 is 0 Å². The van der Waals surface area contributed by atoms with Crippen LogP contribution in [0.25, 0.3) is 22.3 Å². The quantitative estimate of drug-likeness (QED) is 0.324. The van der Waals surface area contributed by atoms with Crippen LogP contribution < -0.4 is 5.73 Å². The highest BCUT2D eigenvalue weighted by Crippen LogP contribution is 2.37. The van der Waals surface area contributed by atoms with Crippen molar-refractivity contribution in [2.45, 2.75) is 0 Å². The van der Waals surface area contributed by atoms with Crippen LogP contribution in [0.1, 0.15) is 5.56 Å². The van der Waals surface area contributed by atoms with Gasteiger partial charge in [0.05, 0.1) is 6.21 Å². The molecular formula is C19H16N2O. The van der Waals surface area contributed by atoms with E-state index in [2.05, 4.69) is 17.3 Å². The minimum atomic E-state index is 0.602. The number of nitrogen functional groups attached to an aromatic ring is 1. The number of benzene rings is 3. The first-order valence-electron chi connectivity index (χ1n) is 7.02. The molecule has 0 aliphatic rings. The van der Waals surface area contributed by atoms with Crippen molar-refractivity contribution in [3.05, 3.63) is 78.4 Å². The van der Waals surface area contributed by atoms with Crippen molar-refractivity contribution in [3.63, 3.8) is 0 Å². The van der Waals surface area contributed by atoms with Gasteiger partial charge in [0.15, 0.2) is 0 Å². The fourth-order valence-electron chi connectivity index (χ4n) is 2.58. The molecule has 3 N–H and O–H groups in total. The lowest BCUT2D eigenvalue weighted by molar-refractivity contribution is 0.322. The maximum Gasteiger partial charge on any atom is 0.0754 e. The second-order valence-corrected chi connectivity index (χ2v) is 4.97. The lowest BCUT2D eigenvalue weighted by Crippen LogP contribution is -1.99. The van der Waals surface area contributed by atoms with E-state index in [1.165, 1.54) is 6.21 Å². The number of anilines is 1. The SMILES string of the molecule is Nc1c(/C=N/O)ccc(-c2ccccc2)c1-c1ccccc1. The molecule has 0 spiro atoms. The number of nitrogens with two attached hydrogens (primary N) is 1. The maximum absolute atomic E-state index is 8.81. The molecule has 0 saturated carbocycles. The highest BCUT2D eigenvalue weighted by atomic mass is 16.4. The van der Waals surface area contributed by atoms with E-state index in [-0.39, 0.29) is 0 Å². The van der Waals surface area contributed by atoms with Gasteiger partial charge in [0.25, 0.3) is 0 Å². The normalized spacial score (nSPS) is 10.9. The van der Waals surface area contributed by atoms with Crippen molar-refractivity contribution in [2.24, 2.45) is 5.16 Å². The van der Waals surface area contributed by atoms with E-state index in [0.717, 1.165) is 22.3 Å². The van der Waals surface area contributed by atoms with Gasteiger partial charge in [0, 0.05) is 16.8 Å². The van der Waals surface area contributed by atoms with Crippen molar-refractivity contribution < 1.29 is 5.21 Å². The highest BCUT2D eigenvalue weighted by Gasteiger charge is 2.13. The predicted molar refractivity (Wildman–Crippen MR) is 91.1 cm³/mol. The van der Waals surface area contributed by atoms with Crippen LogP contribution in [-0.4, -0.2) is 11.4 Å². The summed E-state index contributed by atoms with van der Waals surface area (Å²) in [6.45, 7) is 0. The number of hydrogen-bond donors (Lipinski definition) is 2. The highest BCUT2D eigenvalue weighted by molar-refractivity contribution is 5.99. The summed E-state index contributed by atoms with van der Waals surface area (Å²) >= 11 is 0. The second kappa shape index (κ2) is 6.14. The first-order valence-corrected chi connectivity index (χ1v) is 7.02. The topological polar surface area (TPSA) is 58.6 Å². The minimum absolute atomic E-state index is 0.602. The fraction of sp³-hybridized carbons (Fsp3) is 0. The van der Waals surface area contributed by atoms with Crippen LogP contribution in [0, 0.1) is 0 Å². The molecule has 0 saturated heterocycles. The Morgan fingerprint density at radius 2 is 1.36 bits per heavy atom. The molecule has 3 aromatic carbocycles. The number of rotatable bonds is 3. The van der Waals surface area contributed by atoms with E-state index in [1.807, 2.05) is 60.7 Å². The molecule has 108 valence electrons. The Labute approximate surface area is 129 Å². The standard InChI is InChI=1S/C19H16N2O/c20-19-16(13-21-22)11-12-17(14-7-3-1-4-8-14)18(19)15-9-5-2-6-10-15/h1-13,22H,20H2/b21-13+. The number of oxime groups is 1. The Morgan fingerprint density at radius 3 is 1.95 bits per heavy atom. The molecule has 0 unspecified atom stereocenters. The molecule has 0 aromatic heterocycles. The predicted octanol–water partition coefficient (Wildman–Crippen LogP) is 4.41. The maximum atomic E-state index is 8.81. The van der Waals surface area contributed by atoms with Crippen molar-refractivity contribution in [1.29, 1.82) is 0 Å². The van der Waals surface area contributed by atoms with Crippen molar-refractivity contribution in [2.75, 3.05) is 5.73 Å². The van der Waals surface area contributed by atoms with Gasteiger partial charge in [-0.1, -0.05) is 78.0 Å². The summed E-state index contributed by atoms with van der Waals surface area (Å²) in [6.07, 6.45) is 1.36. The zero-order valence-electron chi connectivity index (χ0n) is 12.0. The summed E-state index contributed by atoms with van der Waals surface area (Å²) < 4.78 is 0. The Kier molecular flexibility index (Phi) is 3.88. The Balaban J connectivity index is 2.29. The van der Waals surface area contributed by atoms with Crippen LogP contribution in [0.15, 0.2) is 78.0 Å². The molecule has 0 radical (unpaired) electrons. The second-order valence-electron chi connectivity index (χ2n) is 4.97. The molecule has 3 nitrogen and oxygen atoms in total. The van der Waals surface area contributed by atoms with Gasteiger partial charge >= 0.3 is 0 Å². The Hall–Kier alpha value is -3.07. The third kappa shape index (κ3) is 2.56. The lowest BCUT2D eigenvalue weighted by Gasteiger charge is -2.15. The van der Waals surface area contributed by atoms with E-state index < -0.39 is 0 Å². The van der Waals surface area contributed by atoms with Gasteiger partial charge in [-0.05, 0) is 16.7 Å². The third-order valence-electron chi connectivity index (χ3n) is 3.62. The first kappa shape index (κ1) is 13.9. The molecule has 0 heterocycles.